The number of carbonyl (C=O) groups is 1. The quantitative estimate of drug-likeness (QED) is 0.555. The Morgan fingerprint density at radius 1 is 1.28 bits per heavy atom. The molecule has 2 aromatic carbocycles. The molecule has 0 aliphatic heterocycles. The van der Waals surface area contributed by atoms with Crippen molar-refractivity contribution in [3.05, 3.63) is 71.4 Å². The topological polar surface area (TPSA) is 85.2 Å². The molecule has 0 fully saturated rings. The average molecular weight is 335 g/mol. The number of aromatic hydroxyl groups is 1. The highest BCUT2D eigenvalue weighted by Crippen LogP contribution is 2.16. The molecule has 2 rings (SSSR count). The number of nitrogens with one attached hydrogen (secondary N) is 2. The molecule has 128 valence electrons. The molecule has 3 N–H and O–H groups in total. The van der Waals surface area contributed by atoms with Gasteiger partial charge < -0.3 is 15.7 Å². The van der Waals surface area contributed by atoms with E-state index in [0.717, 1.165) is 12.0 Å². The van der Waals surface area contributed by atoms with Gasteiger partial charge in [-0.2, -0.15) is 5.26 Å². The van der Waals surface area contributed by atoms with Gasteiger partial charge in [-0.15, -0.1) is 0 Å². The summed E-state index contributed by atoms with van der Waals surface area (Å²) in [6.45, 7) is 3.96. The standard InChI is InChI=1S/C20H21N3O2/c1-3-15-7-9-16(10-8-15)14(2)23-20(25)17(12-21)13-22-18-5-4-6-19(24)11-18/h4-11,13-14,22,24H,3H2,1-2H3,(H,23,25)/b17-13-. The van der Waals surface area contributed by atoms with Crippen LogP contribution in [0, 0.1) is 11.3 Å². The molecule has 0 spiro atoms. The summed E-state index contributed by atoms with van der Waals surface area (Å²) in [7, 11) is 0. The van der Waals surface area contributed by atoms with Gasteiger partial charge in [0.05, 0.1) is 6.04 Å². The number of anilines is 1. The van der Waals surface area contributed by atoms with Gasteiger partial charge in [0.2, 0.25) is 0 Å². The first-order valence-corrected chi connectivity index (χ1v) is 8.09. The van der Waals surface area contributed by atoms with E-state index in [1.807, 2.05) is 37.3 Å². The average Bonchev–Trinajstić information content (AvgIpc) is 2.62. The maximum absolute atomic E-state index is 12.3. The van der Waals surface area contributed by atoms with Crippen molar-refractivity contribution in [3.63, 3.8) is 0 Å². The van der Waals surface area contributed by atoms with Crippen molar-refractivity contribution in [2.75, 3.05) is 5.32 Å². The molecule has 0 aliphatic rings. The van der Waals surface area contributed by atoms with Crippen LogP contribution in [0.4, 0.5) is 5.69 Å². The second-order valence-corrected chi connectivity index (χ2v) is 5.65. The van der Waals surface area contributed by atoms with E-state index >= 15 is 0 Å². The second-order valence-electron chi connectivity index (χ2n) is 5.65. The van der Waals surface area contributed by atoms with E-state index in [1.165, 1.54) is 23.9 Å². The summed E-state index contributed by atoms with van der Waals surface area (Å²) in [4.78, 5) is 12.3. The lowest BCUT2D eigenvalue weighted by atomic mass is 10.0. The molecule has 0 radical (unpaired) electrons. The number of phenolic OH excluding ortho intramolecular Hbond substituents is 1. The van der Waals surface area contributed by atoms with Gasteiger partial charge in [0.15, 0.2) is 0 Å². The molecule has 1 amide bonds. The Hall–Kier alpha value is -3.26. The molecule has 0 saturated carbocycles. The minimum absolute atomic E-state index is 0.0413. The number of amides is 1. The zero-order valence-corrected chi connectivity index (χ0v) is 14.3. The van der Waals surface area contributed by atoms with Crippen LogP contribution in [0.1, 0.15) is 31.0 Å². The molecule has 5 heteroatoms. The first-order chi connectivity index (χ1) is 12.0. The van der Waals surface area contributed by atoms with Gasteiger partial charge in [0, 0.05) is 18.0 Å². The van der Waals surface area contributed by atoms with Crippen LogP contribution < -0.4 is 10.6 Å². The Morgan fingerprint density at radius 3 is 2.60 bits per heavy atom. The number of nitrogens with zero attached hydrogens (tertiary/aromatic N) is 1. The van der Waals surface area contributed by atoms with Gasteiger partial charge in [-0.05, 0) is 36.6 Å². The van der Waals surface area contributed by atoms with Crippen molar-refractivity contribution in [1.82, 2.24) is 5.32 Å². The highest BCUT2D eigenvalue weighted by Gasteiger charge is 2.13. The van der Waals surface area contributed by atoms with E-state index in [-0.39, 0.29) is 17.4 Å². The minimum Gasteiger partial charge on any atom is -0.508 e. The molecule has 2 aromatic rings. The summed E-state index contributed by atoms with van der Waals surface area (Å²) >= 11 is 0. The molecule has 25 heavy (non-hydrogen) atoms. The molecule has 0 aromatic heterocycles. The van der Waals surface area contributed by atoms with Crippen LogP contribution in [0.2, 0.25) is 0 Å². The Kier molecular flexibility index (Phi) is 6.19. The summed E-state index contributed by atoms with van der Waals surface area (Å²) in [5, 5.41) is 24.3. The van der Waals surface area contributed by atoms with Crippen LogP contribution in [-0.2, 0) is 11.2 Å². The number of nitriles is 1. The number of aryl methyl sites for hydroxylation is 1. The van der Waals surface area contributed by atoms with Crippen LogP contribution in [0.3, 0.4) is 0 Å². The molecular formula is C20H21N3O2. The Morgan fingerprint density at radius 2 is 2.00 bits per heavy atom. The SMILES string of the molecule is CCc1ccc(C(C)NC(=O)/C(C#N)=C\Nc2cccc(O)c2)cc1. The third-order valence-electron chi connectivity index (χ3n) is 3.83. The van der Waals surface area contributed by atoms with E-state index < -0.39 is 5.91 Å². The van der Waals surface area contributed by atoms with E-state index in [0.29, 0.717) is 5.69 Å². The number of rotatable bonds is 6. The van der Waals surface area contributed by atoms with Crippen molar-refractivity contribution in [2.24, 2.45) is 0 Å². The number of benzene rings is 2. The Bertz CT molecular complexity index is 804. The van der Waals surface area contributed by atoms with Gasteiger partial charge in [0.25, 0.3) is 5.91 Å². The fraction of sp³-hybridized carbons (Fsp3) is 0.200. The lowest BCUT2D eigenvalue weighted by molar-refractivity contribution is -0.117. The Balaban J connectivity index is 2.03. The van der Waals surface area contributed by atoms with Gasteiger partial charge in [-0.25, -0.2) is 0 Å². The van der Waals surface area contributed by atoms with Gasteiger partial charge >= 0.3 is 0 Å². The lowest BCUT2D eigenvalue weighted by Gasteiger charge is -2.14. The smallest absolute Gasteiger partial charge is 0.263 e. The third-order valence-corrected chi connectivity index (χ3v) is 3.83. The van der Waals surface area contributed by atoms with Gasteiger partial charge in [0.1, 0.15) is 17.4 Å². The molecule has 0 bridgehead atoms. The normalized spacial score (nSPS) is 12.1. The molecule has 5 nitrogen and oxygen atoms in total. The van der Waals surface area contributed by atoms with Crippen molar-refractivity contribution >= 4 is 11.6 Å². The third kappa shape index (κ3) is 5.11. The van der Waals surface area contributed by atoms with Crippen molar-refractivity contribution in [2.45, 2.75) is 26.3 Å². The Labute approximate surface area is 147 Å². The maximum atomic E-state index is 12.3. The van der Waals surface area contributed by atoms with Gasteiger partial charge in [-0.3, -0.25) is 4.79 Å². The van der Waals surface area contributed by atoms with Crippen molar-refractivity contribution in [1.29, 1.82) is 5.26 Å². The highest BCUT2D eigenvalue weighted by molar-refractivity contribution is 5.97. The van der Waals surface area contributed by atoms with Crippen molar-refractivity contribution < 1.29 is 9.90 Å². The van der Waals surface area contributed by atoms with Crippen LogP contribution in [0.15, 0.2) is 60.3 Å². The molecule has 1 unspecified atom stereocenters. The van der Waals surface area contributed by atoms with E-state index in [1.54, 1.807) is 12.1 Å². The first kappa shape index (κ1) is 18.1. The zero-order chi connectivity index (χ0) is 18.2. The van der Waals surface area contributed by atoms with Crippen LogP contribution in [0.25, 0.3) is 0 Å². The number of carbonyl (C=O) groups excluding carboxylic acids is 1. The number of hydrogen-bond donors (Lipinski definition) is 3. The van der Waals surface area contributed by atoms with Crippen LogP contribution >= 0.6 is 0 Å². The summed E-state index contributed by atoms with van der Waals surface area (Å²) in [6.07, 6.45) is 2.29. The molecule has 1 atom stereocenters. The summed E-state index contributed by atoms with van der Waals surface area (Å²) in [5.41, 5.74) is 2.75. The number of phenols is 1. The van der Waals surface area contributed by atoms with E-state index in [2.05, 4.69) is 17.6 Å². The predicted octanol–water partition coefficient (Wildman–Crippen LogP) is 3.65. The van der Waals surface area contributed by atoms with E-state index in [4.69, 9.17) is 0 Å². The molecule has 0 saturated heterocycles. The number of hydrogen-bond acceptors (Lipinski definition) is 4. The van der Waals surface area contributed by atoms with Gasteiger partial charge in [-0.1, -0.05) is 37.3 Å². The fourth-order valence-corrected chi connectivity index (χ4v) is 2.30. The highest BCUT2D eigenvalue weighted by atomic mass is 16.3. The van der Waals surface area contributed by atoms with E-state index in [9.17, 15) is 15.2 Å². The lowest BCUT2D eigenvalue weighted by Crippen LogP contribution is -2.28. The predicted molar refractivity (Wildman–Crippen MR) is 97.8 cm³/mol. The molecule has 0 aliphatic carbocycles. The maximum Gasteiger partial charge on any atom is 0.263 e. The second kappa shape index (κ2) is 8.55. The minimum atomic E-state index is -0.456. The summed E-state index contributed by atoms with van der Waals surface area (Å²) < 4.78 is 0. The van der Waals surface area contributed by atoms with Crippen molar-refractivity contribution in [3.8, 4) is 11.8 Å². The summed E-state index contributed by atoms with van der Waals surface area (Å²) in [5.74, 6) is -0.354. The summed E-state index contributed by atoms with van der Waals surface area (Å²) in [6, 6.07) is 16.1. The molecular weight excluding hydrogens is 314 g/mol. The van der Waals surface area contributed by atoms with Crippen LogP contribution in [0.5, 0.6) is 5.75 Å². The largest absolute Gasteiger partial charge is 0.508 e. The first-order valence-electron chi connectivity index (χ1n) is 8.09. The zero-order valence-electron chi connectivity index (χ0n) is 14.3. The van der Waals surface area contributed by atoms with Crippen LogP contribution in [-0.4, -0.2) is 11.0 Å². The molecule has 0 heterocycles. The fourth-order valence-electron chi connectivity index (χ4n) is 2.30. The monoisotopic (exact) mass is 335 g/mol.